The molecule has 2 aromatic rings. The number of halogens is 2. The minimum atomic E-state index is -0.839. The third-order valence-electron chi connectivity index (χ3n) is 2.66. The number of hydrogen-bond donors (Lipinski definition) is 2. The molecular formula is C16H11F2NO2. The fourth-order valence-electron chi connectivity index (χ4n) is 1.65. The molecule has 106 valence electrons. The first-order valence-electron chi connectivity index (χ1n) is 6.07. The Morgan fingerprint density at radius 1 is 1.10 bits per heavy atom. The number of para-hydroxylation sites is 1. The number of benzene rings is 2. The van der Waals surface area contributed by atoms with Crippen molar-refractivity contribution in [2.45, 2.75) is 0 Å². The molecule has 0 saturated carbocycles. The number of aliphatic hydroxyl groups is 1. The largest absolute Gasteiger partial charge is 0.384 e. The van der Waals surface area contributed by atoms with Crippen molar-refractivity contribution in [3.63, 3.8) is 0 Å². The smallest absolute Gasteiger partial charge is 0.255 e. The Labute approximate surface area is 120 Å². The molecule has 0 heterocycles. The summed E-state index contributed by atoms with van der Waals surface area (Å²) in [6, 6.07) is 9.46. The lowest BCUT2D eigenvalue weighted by atomic mass is 10.1. The Morgan fingerprint density at radius 3 is 2.29 bits per heavy atom. The van der Waals surface area contributed by atoms with Gasteiger partial charge < -0.3 is 10.4 Å². The van der Waals surface area contributed by atoms with Crippen LogP contribution in [0.3, 0.4) is 0 Å². The van der Waals surface area contributed by atoms with E-state index in [-0.39, 0.29) is 12.2 Å². The normalized spacial score (nSPS) is 9.67. The van der Waals surface area contributed by atoms with Crippen LogP contribution < -0.4 is 5.32 Å². The van der Waals surface area contributed by atoms with Gasteiger partial charge in [0.1, 0.15) is 23.9 Å². The summed E-state index contributed by atoms with van der Waals surface area (Å²) in [6.07, 6.45) is 0. The number of hydrogen-bond acceptors (Lipinski definition) is 2. The molecule has 3 nitrogen and oxygen atoms in total. The van der Waals surface area contributed by atoms with Gasteiger partial charge in [0.15, 0.2) is 0 Å². The summed E-state index contributed by atoms with van der Waals surface area (Å²) < 4.78 is 26.9. The molecule has 5 heteroatoms. The number of anilines is 1. The van der Waals surface area contributed by atoms with E-state index in [1.165, 1.54) is 18.2 Å². The van der Waals surface area contributed by atoms with E-state index in [1.807, 2.05) is 0 Å². The Balaban J connectivity index is 2.17. The number of rotatable bonds is 2. The average molecular weight is 287 g/mol. The quantitative estimate of drug-likeness (QED) is 0.834. The van der Waals surface area contributed by atoms with Crippen molar-refractivity contribution in [2.75, 3.05) is 11.9 Å². The highest BCUT2D eigenvalue weighted by atomic mass is 19.1. The van der Waals surface area contributed by atoms with E-state index in [4.69, 9.17) is 5.11 Å². The second-order valence-electron chi connectivity index (χ2n) is 4.09. The maximum Gasteiger partial charge on any atom is 0.255 e. The van der Waals surface area contributed by atoms with Crippen molar-refractivity contribution in [1.82, 2.24) is 0 Å². The lowest BCUT2D eigenvalue weighted by Crippen LogP contribution is -2.14. The summed E-state index contributed by atoms with van der Waals surface area (Å²) in [6.45, 7) is -0.255. The van der Waals surface area contributed by atoms with Crippen molar-refractivity contribution in [1.29, 1.82) is 0 Å². The zero-order chi connectivity index (χ0) is 15.2. The van der Waals surface area contributed by atoms with Crippen LogP contribution in [0.4, 0.5) is 14.5 Å². The third kappa shape index (κ3) is 3.65. The SMILES string of the molecule is O=C(Nc1c(F)cccc1F)c1ccc(C#CCO)cc1. The van der Waals surface area contributed by atoms with E-state index in [9.17, 15) is 13.6 Å². The van der Waals surface area contributed by atoms with Gasteiger partial charge in [-0.15, -0.1) is 0 Å². The van der Waals surface area contributed by atoms with Gasteiger partial charge in [0.25, 0.3) is 5.91 Å². The molecule has 2 N–H and O–H groups in total. The van der Waals surface area contributed by atoms with Gasteiger partial charge in [-0.2, -0.15) is 0 Å². The summed E-state index contributed by atoms with van der Waals surface area (Å²) in [7, 11) is 0. The van der Waals surface area contributed by atoms with Gasteiger partial charge in [-0.1, -0.05) is 17.9 Å². The Bertz CT molecular complexity index is 695. The van der Waals surface area contributed by atoms with Crippen LogP contribution in [0.15, 0.2) is 42.5 Å². The Kier molecular flexibility index (Phi) is 4.64. The van der Waals surface area contributed by atoms with Crippen LogP contribution in [0, 0.1) is 23.5 Å². The second-order valence-corrected chi connectivity index (χ2v) is 4.09. The molecular weight excluding hydrogens is 276 g/mol. The summed E-state index contributed by atoms with van der Waals surface area (Å²) in [5.41, 5.74) is 0.386. The maximum absolute atomic E-state index is 13.4. The Hall–Kier alpha value is -2.71. The van der Waals surface area contributed by atoms with Crippen molar-refractivity contribution >= 4 is 11.6 Å². The van der Waals surface area contributed by atoms with Crippen molar-refractivity contribution < 1.29 is 18.7 Å². The predicted molar refractivity (Wildman–Crippen MR) is 74.7 cm³/mol. The lowest BCUT2D eigenvalue weighted by molar-refractivity contribution is 0.102. The van der Waals surface area contributed by atoms with Gasteiger partial charge in [0.05, 0.1) is 0 Å². The number of carbonyl (C=O) groups is 1. The van der Waals surface area contributed by atoms with E-state index in [1.54, 1.807) is 12.1 Å². The fraction of sp³-hybridized carbons (Fsp3) is 0.0625. The molecule has 2 rings (SSSR count). The minimum absolute atomic E-state index is 0.243. The molecule has 2 aromatic carbocycles. The second kappa shape index (κ2) is 6.64. The van der Waals surface area contributed by atoms with Crippen LogP contribution in [0.2, 0.25) is 0 Å². The summed E-state index contributed by atoms with van der Waals surface area (Å²) in [5.74, 6) is 2.85. The highest BCUT2D eigenvalue weighted by Gasteiger charge is 2.13. The molecule has 0 aliphatic heterocycles. The minimum Gasteiger partial charge on any atom is -0.384 e. The number of carbonyl (C=O) groups excluding carboxylic acids is 1. The molecule has 0 fully saturated rings. The van der Waals surface area contributed by atoms with Gasteiger partial charge in [-0.25, -0.2) is 8.78 Å². The van der Waals surface area contributed by atoms with Gasteiger partial charge in [-0.05, 0) is 36.4 Å². The molecule has 0 spiro atoms. The molecule has 0 atom stereocenters. The van der Waals surface area contributed by atoms with Gasteiger partial charge in [0.2, 0.25) is 0 Å². The fourth-order valence-corrected chi connectivity index (χ4v) is 1.65. The highest BCUT2D eigenvalue weighted by molar-refractivity contribution is 6.04. The zero-order valence-electron chi connectivity index (χ0n) is 10.9. The topological polar surface area (TPSA) is 49.3 Å². The Morgan fingerprint density at radius 2 is 1.71 bits per heavy atom. The van der Waals surface area contributed by atoms with E-state index in [2.05, 4.69) is 17.2 Å². The molecule has 0 aliphatic carbocycles. The predicted octanol–water partition coefficient (Wildman–Crippen LogP) is 2.56. The summed E-state index contributed by atoms with van der Waals surface area (Å²) in [4.78, 5) is 11.9. The molecule has 0 aromatic heterocycles. The first-order chi connectivity index (χ1) is 10.1. The van der Waals surface area contributed by atoms with Crippen molar-refractivity contribution in [3.05, 3.63) is 65.2 Å². The van der Waals surface area contributed by atoms with Crippen LogP contribution in [0.5, 0.6) is 0 Å². The molecule has 0 saturated heterocycles. The molecule has 0 bridgehead atoms. The number of amides is 1. The van der Waals surface area contributed by atoms with E-state index in [0.29, 0.717) is 5.56 Å². The van der Waals surface area contributed by atoms with Crippen LogP contribution in [0.1, 0.15) is 15.9 Å². The van der Waals surface area contributed by atoms with E-state index < -0.39 is 23.2 Å². The van der Waals surface area contributed by atoms with Crippen LogP contribution in [0.25, 0.3) is 0 Å². The van der Waals surface area contributed by atoms with Crippen molar-refractivity contribution in [3.8, 4) is 11.8 Å². The molecule has 0 radical (unpaired) electrons. The summed E-state index contributed by atoms with van der Waals surface area (Å²) in [5, 5.41) is 10.8. The molecule has 1 amide bonds. The van der Waals surface area contributed by atoms with Gasteiger partial charge in [-0.3, -0.25) is 4.79 Å². The molecule has 0 unspecified atom stereocenters. The monoisotopic (exact) mass is 287 g/mol. The van der Waals surface area contributed by atoms with E-state index >= 15 is 0 Å². The molecule has 21 heavy (non-hydrogen) atoms. The first kappa shape index (κ1) is 14.7. The zero-order valence-corrected chi connectivity index (χ0v) is 10.9. The van der Waals surface area contributed by atoms with Crippen LogP contribution in [-0.4, -0.2) is 17.6 Å². The van der Waals surface area contributed by atoms with Crippen LogP contribution in [-0.2, 0) is 0 Å². The van der Waals surface area contributed by atoms with Gasteiger partial charge >= 0.3 is 0 Å². The first-order valence-corrected chi connectivity index (χ1v) is 6.07. The van der Waals surface area contributed by atoms with Crippen LogP contribution >= 0.6 is 0 Å². The number of aliphatic hydroxyl groups excluding tert-OH is 1. The van der Waals surface area contributed by atoms with Gasteiger partial charge in [0, 0.05) is 11.1 Å². The average Bonchev–Trinajstić information content (AvgIpc) is 2.49. The standard InChI is InChI=1S/C16H11F2NO2/c17-13-4-1-5-14(18)15(13)19-16(21)12-8-6-11(7-9-12)3-2-10-20/h1,4-9,20H,10H2,(H,19,21). The number of nitrogens with one attached hydrogen (secondary N) is 1. The summed E-state index contributed by atoms with van der Waals surface area (Å²) >= 11 is 0. The molecule has 0 aliphatic rings. The maximum atomic E-state index is 13.4. The van der Waals surface area contributed by atoms with E-state index in [0.717, 1.165) is 12.1 Å². The highest BCUT2D eigenvalue weighted by Crippen LogP contribution is 2.19. The van der Waals surface area contributed by atoms with Crippen molar-refractivity contribution in [2.24, 2.45) is 0 Å². The third-order valence-corrected chi connectivity index (χ3v) is 2.66. The lowest BCUT2D eigenvalue weighted by Gasteiger charge is -2.07.